The summed E-state index contributed by atoms with van der Waals surface area (Å²) in [5.74, 6) is -1.01. The summed E-state index contributed by atoms with van der Waals surface area (Å²) < 4.78 is 62.9. The van der Waals surface area contributed by atoms with Gasteiger partial charge in [-0.1, -0.05) is 0 Å². The maximum Gasteiger partial charge on any atom is 0.389 e. The van der Waals surface area contributed by atoms with Crippen LogP contribution in [0.4, 0.5) is 17.6 Å². The zero-order valence-electron chi connectivity index (χ0n) is 15.0. The SMILES string of the molecule is COc1cc(-c2cnc3cc(F)ccn23)cc(OC)c1C(=O)CCC(F)(F)F. The van der Waals surface area contributed by atoms with Crippen molar-refractivity contribution in [2.24, 2.45) is 0 Å². The van der Waals surface area contributed by atoms with E-state index in [1.807, 2.05) is 0 Å². The van der Waals surface area contributed by atoms with Crippen molar-refractivity contribution in [1.29, 1.82) is 0 Å². The molecule has 0 amide bonds. The third-order valence-corrected chi connectivity index (χ3v) is 4.19. The van der Waals surface area contributed by atoms with Crippen molar-refractivity contribution < 1.29 is 31.8 Å². The summed E-state index contributed by atoms with van der Waals surface area (Å²) in [4.78, 5) is 16.5. The number of methoxy groups -OCH3 is 2. The van der Waals surface area contributed by atoms with Crippen LogP contribution in [-0.4, -0.2) is 35.6 Å². The Bertz CT molecular complexity index is 1000. The second kappa shape index (κ2) is 7.49. The van der Waals surface area contributed by atoms with Crippen LogP contribution in [0.2, 0.25) is 0 Å². The minimum atomic E-state index is -4.44. The highest BCUT2D eigenvalue weighted by Crippen LogP contribution is 2.37. The first-order chi connectivity index (χ1) is 13.2. The van der Waals surface area contributed by atoms with Crippen LogP contribution >= 0.6 is 0 Å². The van der Waals surface area contributed by atoms with Gasteiger partial charge in [-0.25, -0.2) is 9.37 Å². The Kier molecular flexibility index (Phi) is 5.26. The van der Waals surface area contributed by atoms with Gasteiger partial charge in [-0.05, 0) is 18.2 Å². The Morgan fingerprint density at radius 1 is 1.14 bits per heavy atom. The second-order valence-electron chi connectivity index (χ2n) is 6.01. The van der Waals surface area contributed by atoms with Crippen molar-refractivity contribution in [3.63, 3.8) is 0 Å². The number of aromatic nitrogens is 2. The van der Waals surface area contributed by atoms with Gasteiger partial charge in [0.15, 0.2) is 5.78 Å². The van der Waals surface area contributed by atoms with Gasteiger partial charge < -0.3 is 9.47 Å². The van der Waals surface area contributed by atoms with Gasteiger partial charge in [0, 0.05) is 24.2 Å². The van der Waals surface area contributed by atoms with Crippen molar-refractivity contribution in [3.8, 4) is 22.8 Å². The lowest BCUT2D eigenvalue weighted by atomic mass is 10.0. The topological polar surface area (TPSA) is 52.8 Å². The first kappa shape index (κ1) is 19.7. The number of Topliss-reactive ketones (excluding diaryl/α,β-unsaturated/α-hetero) is 1. The van der Waals surface area contributed by atoms with Crippen LogP contribution in [0.5, 0.6) is 11.5 Å². The average molecular weight is 396 g/mol. The lowest BCUT2D eigenvalue weighted by Crippen LogP contribution is -2.12. The maximum atomic E-state index is 13.4. The molecule has 0 saturated heterocycles. The highest BCUT2D eigenvalue weighted by Gasteiger charge is 2.30. The summed E-state index contributed by atoms with van der Waals surface area (Å²) in [6.07, 6.45) is -3.40. The number of ketones is 1. The van der Waals surface area contributed by atoms with E-state index in [4.69, 9.17) is 9.47 Å². The van der Waals surface area contributed by atoms with E-state index in [1.165, 1.54) is 50.9 Å². The fourth-order valence-electron chi connectivity index (χ4n) is 2.88. The number of ether oxygens (including phenoxy) is 2. The monoisotopic (exact) mass is 396 g/mol. The van der Waals surface area contributed by atoms with Gasteiger partial charge in [0.1, 0.15) is 28.5 Å². The van der Waals surface area contributed by atoms with E-state index < -0.39 is 30.6 Å². The molecule has 0 aliphatic carbocycles. The van der Waals surface area contributed by atoms with Gasteiger partial charge >= 0.3 is 6.18 Å². The number of carbonyl (C=O) groups is 1. The van der Waals surface area contributed by atoms with E-state index in [0.717, 1.165) is 0 Å². The molecule has 1 aromatic carbocycles. The molecule has 0 unspecified atom stereocenters. The largest absolute Gasteiger partial charge is 0.496 e. The van der Waals surface area contributed by atoms with Gasteiger partial charge in [-0.2, -0.15) is 13.2 Å². The highest BCUT2D eigenvalue weighted by atomic mass is 19.4. The molecule has 0 N–H and O–H groups in total. The number of nitrogens with zero attached hydrogens (tertiary/aromatic N) is 2. The summed E-state index contributed by atoms with van der Waals surface area (Å²) in [6.45, 7) is 0. The summed E-state index contributed by atoms with van der Waals surface area (Å²) >= 11 is 0. The minimum Gasteiger partial charge on any atom is -0.496 e. The van der Waals surface area contributed by atoms with E-state index in [-0.39, 0.29) is 17.1 Å². The molecule has 5 nitrogen and oxygen atoms in total. The van der Waals surface area contributed by atoms with Crippen LogP contribution in [0.25, 0.3) is 16.9 Å². The van der Waals surface area contributed by atoms with Crippen LogP contribution in [-0.2, 0) is 0 Å². The smallest absolute Gasteiger partial charge is 0.389 e. The number of hydrogen-bond donors (Lipinski definition) is 0. The van der Waals surface area contributed by atoms with Crippen molar-refractivity contribution in [3.05, 3.63) is 48.0 Å². The molecule has 2 aromatic heterocycles. The van der Waals surface area contributed by atoms with Gasteiger partial charge in [-0.3, -0.25) is 9.20 Å². The highest BCUT2D eigenvalue weighted by molar-refractivity contribution is 6.02. The van der Waals surface area contributed by atoms with E-state index in [1.54, 1.807) is 4.40 Å². The van der Waals surface area contributed by atoms with E-state index in [0.29, 0.717) is 16.9 Å². The Balaban J connectivity index is 2.06. The Morgan fingerprint density at radius 3 is 2.36 bits per heavy atom. The van der Waals surface area contributed by atoms with Gasteiger partial charge in [0.2, 0.25) is 0 Å². The van der Waals surface area contributed by atoms with E-state index in [2.05, 4.69) is 4.98 Å². The van der Waals surface area contributed by atoms with Crippen molar-refractivity contribution in [1.82, 2.24) is 9.38 Å². The van der Waals surface area contributed by atoms with Crippen LogP contribution in [0.1, 0.15) is 23.2 Å². The number of rotatable bonds is 6. The number of carbonyl (C=O) groups excluding carboxylic acids is 1. The molecule has 2 heterocycles. The molecule has 0 spiro atoms. The van der Waals surface area contributed by atoms with Crippen LogP contribution in [0.3, 0.4) is 0 Å². The molecule has 0 saturated carbocycles. The molecule has 9 heteroatoms. The number of alkyl halides is 3. The fourth-order valence-corrected chi connectivity index (χ4v) is 2.88. The molecule has 3 aromatic rings. The quantitative estimate of drug-likeness (QED) is 0.448. The zero-order chi connectivity index (χ0) is 20.5. The standard InChI is InChI=1S/C19H16F4N2O3/c1-27-15-7-11(13-10-24-17-9-12(20)4-6-25(13)17)8-16(28-2)18(15)14(26)3-5-19(21,22)23/h4,6-10H,3,5H2,1-2H3. The third-order valence-electron chi connectivity index (χ3n) is 4.19. The van der Waals surface area contributed by atoms with Crippen molar-refractivity contribution >= 4 is 11.4 Å². The molecule has 0 radical (unpaired) electrons. The second-order valence-corrected chi connectivity index (χ2v) is 6.01. The number of halogens is 4. The number of fused-ring (bicyclic) bond motifs is 1. The number of hydrogen-bond acceptors (Lipinski definition) is 4. The predicted molar refractivity (Wildman–Crippen MR) is 93.3 cm³/mol. The zero-order valence-corrected chi connectivity index (χ0v) is 15.0. The normalized spacial score (nSPS) is 11.6. The summed E-state index contributed by atoms with van der Waals surface area (Å²) in [7, 11) is 2.62. The molecular formula is C19H16F4N2O3. The molecule has 3 rings (SSSR count). The third kappa shape index (κ3) is 3.92. The predicted octanol–water partition coefficient (Wildman–Crippen LogP) is 4.68. The molecule has 0 atom stereocenters. The molecule has 0 aliphatic rings. The molecule has 148 valence electrons. The molecule has 0 fully saturated rings. The molecule has 28 heavy (non-hydrogen) atoms. The maximum absolute atomic E-state index is 13.4. The van der Waals surface area contributed by atoms with Crippen LogP contribution in [0.15, 0.2) is 36.7 Å². The number of pyridine rings is 1. The number of benzene rings is 1. The van der Waals surface area contributed by atoms with Crippen molar-refractivity contribution in [2.45, 2.75) is 19.0 Å². The molecule has 0 bridgehead atoms. The lowest BCUT2D eigenvalue weighted by molar-refractivity contribution is -0.133. The van der Waals surface area contributed by atoms with Gasteiger partial charge in [0.25, 0.3) is 0 Å². The Hall–Kier alpha value is -3.10. The first-order valence-corrected chi connectivity index (χ1v) is 8.22. The Morgan fingerprint density at radius 2 is 1.79 bits per heavy atom. The summed E-state index contributed by atoms with van der Waals surface area (Å²) in [5, 5.41) is 0. The number of imidazole rings is 1. The first-order valence-electron chi connectivity index (χ1n) is 8.22. The lowest BCUT2D eigenvalue weighted by Gasteiger charge is -2.15. The van der Waals surface area contributed by atoms with Crippen molar-refractivity contribution in [2.75, 3.05) is 14.2 Å². The van der Waals surface area contributed by atoms with Gasteiger partial charge in [0.05, 0.1) is 32.5 Å². The van der Waals surface area contributed by atoms with Crippen LogP contribution in [0, 0.1) is 5.82 Å². The average Bonchev–Trinajstić information content (AvgIpc) is 3.07. The van der Waals surface area contributed by atoms with E-state index in [9.17, 15) is 22.4 Å². The minimum absolute atomic E-state index is 0.0575. The Labute approximate surface area is 157 Å². The van der Waals surface area contributed by atoms with E-state index >= 15 is 0 Å². The van der Waals surface area contributed by atoms with Crippen LogP contribution < -0.4 is 9.47 Å². The van der Waals surface area contributed by atoms with Gasteiger partial charge in [-0.15, -0.1) is 0 Å². The fraction of sp³-hybridized carbons (Fsp3) is 0.263. The summed E-state index contributed by atoms with van der Waals surface area (Å²) in [6, 6.07) is 5.54. The molecular weight excluding hydrogens is 380 g/mol. The summed E-state index contributed by atoms with van der Waals surface area (Å²) in [5.41, 5.74) is 1.43. The molecule has 0 aliphatic heterocycles.